The molecule has 1 atom stereocenters. The zero-order valence-electron chi connectivity index (χ0n) is 13.1. The smallest absolute Gasteiger partial charge is 0.327 e. The van der Waals surface area contributed by atoms with Crippen LogP contribution in [0.1, 0.15) is 47.0 Å². The number of hydrogen-bond donors (Lipinski definition) is 3. The lowest BCUT2D eigenvalue weighted by Crippen LogP contribution is -2.61. The van der Waals surface area contributed by atoms with Crippen molar-refractivity contribution in [3.05, 3.63) is 0 Å². The number of amides is 3. The van der Waals surface area contributed by atoms with E-state index in [9.17, 15) is 19.5 Å². The van der Waals surface area contributed by atoms with Crippen molar-refractivity contribution in [2.75, 3.05) is 6.54 Å². The molecule has 1 aliphatic heterocycles. The summed E-state index contributed by atoms with van der Waals surface area (Å²) < 4.78 is 0. The van der Waals surface area contributed by atoms with Gasteiger partial charge in [0.05, 0.1) is 0 Å². The van der Waals surface area contributed by atoms with E-state index in [0.717, 1.165) is 12.8 Å². The van der Waals surface area contributed by atoms with Crippen molar-refractivity contribution in [1.82, 2.24) is 10.2 Å². The van der Waals surface area contributed by atoms with Gasteiger partial charge < -0.3 is 21.1 Å². The number of primary amides is 1. The van der Waals surface area contributed by atoms with Gasteiger partial charge in [0.2, 0.25) is 5.91 Å². The first kappa shape index (κ1) is 17.3. The zero-order chi connectivity index (χ0) is 16.4. The highest BCUT2D eigenvalue weighted by Crippen LogP contribution is 2.35. The van der Waals surface area contributed by atoms with E-state index in [4.69, 9.17) is 5.73 Å². The quantitative estimate of drug-likeness (QED) is 0.716. The highest BCUT2D eigenvalue weighted by Gasteiger charge is 2.45. The minimum absolute atomic E-state index is 0.00624. The Balaban J connectivity index is 2.89. The number of carbonyl (C=O) groups is 3. The van der Waals surface area contributed by atoms with Crippen LogP contribution in [0.3, 0.4) is 0 Å². The van der Waals surface area contributed by atoms with Gasteiger partial charge in [0, 0.05) is 18.5 Å². The first-order valence-corrected chi connectivity index (χ1v) is 7.06. The van der Waals surface area contributed by atoms with Crippen molar-refractivity contribution in [3.63, 3.8) is 0 Å². The summed E-state index contributed by atoms with van der Waals surface area (Å²) in [5.74, 6) is -1.53. The summed E-state index contributed by atoms with van der Waals surface area (Å²) in [6, 6.07) is -1.35. The molecule has 0 bridgehead atoms. The average molecular weight is 299 g/mol. The van der Waals surface area contributed by atoms with Crippen LogP contribution in [0, 0.1) is 5.41 Å². The second kappa shape index (κ2) is 5.91. The van der Waals surface area contributed by atoms with Crippen molar-refractivity contribution in [2.24, 2.45) is 11.1 Å². The molecule has 0 aromatic rings. The highest BCUT2D eigenvalue weighted by atomic mass is 16.4. The minimum atomic E-state index is -1.01. The number of nitrogens with zero attached hydrogens (tertiary/aromatic N) is 1. The molecule has 1 heterocycles. The van der Waals surface area contributed by atoms with Crippen LogP contribution in [-0.2, 0) is 9.59 Å². The van der Waals surface area contributed by atoms with Gasteiger partial charge in [0.15, 0.2) is 0 Å². The normalized spacial score (nSPS) is 21.7. The van der Waals surface area contributed by atoms with E-state index in [1.807, 2.05) is 13.8 Å². The summed E-state index contributed by atoms with van der Waals surface area (Å²) >= 11 is 0. The van der Waals surface area contributed by atoms with Crippen LogP contribution in [0.15, 0.2) is 0 Å². The fraction of sp³-hybridized carbons (Fsp3) is 0.786. The summed E-state index contributed by atoms with van der Waals surface area (Å²) in [5, 5.41) is 12.1. The molecule has 1 fully saturated rings. The molecule has 0 saturated carbocycles. The molecule has 1 rings (SSSR count). The van der Waals surface area contributed by atoms with Crippen molar-refractivity contribution in [2.45, 2.75) is 58.5 Å². The molecule has 0 radical (unpaired) electrons. The largest absolute Gasteiger partial charge is 0.480 e. The van der Waals surface area contributed by atoms with Crippen LogP contribution in [0.4, 0.5) is 4.79 Å². The van der Waals surface area contributed by atoms with Crippen LogP contribution < -0.4 is 11.1 Å². The number of piperidine rings is 1. The number of nitrogens with two attached hydrogens (primary N) is 1. The molecule has 0 spiro atoms. The van der Waals surface area contributed by atoms with E-state index in [2.05, 4.69) is 5.32 Å². The number of carboxylic acid groups (broad SMARTS) is 1. The fourth-order valence-electron chi connectivity index (χ4n) is 2.92. The third-order valence-electron chi connectivity index (χ3n) is 3.83. The minimum Gasteiger partial charge on any atom is -0.480 e. The molecule has 120 valence electrons. The maximum atomic E-state index is 12.4. The van der Waals surface area contributed by atoms with Crippen molar-refractivity contribution >= 4 is 17.9 Å². The monoisotopic (exact) mass is 299 g/mol. The third-order valence-corrected chi connectivity index (χ3v) is 3.83. The molecular formula is C14H25N3O4. The van der Waals surface area contributed by atoms with Gasteiger partial charge in [-0.2, -0.15) is 0 Å². The Morgan fingerprint density at radius 1 is 1.38 bits per heavy atom. The standard InChI is InChI=1S/C14H25N3O4/c1-13(2)6-5-7-17(10(13)11(19)20)12(21)16-14(3,4)8-9(15)18/h10H,5-8H2,1-4H3,(H2,15,18)(H,16,21)(H,19,20). The van der Waals surface area contributed by atoms with Gasteiger partial charge in [-0.15, -0.1) is 0 Å². The molecule has 4 N–H and O–H groups in total. The molecule has 3 amide bonds. The van der Waals surface area contributed by atoms with Gasteiger partial charge in [-0.1, -0.05) is 13.8 Å². The number of nitrogens with one attached hydrogen (secondary N) is 1. The van der Waals surface area contributed by atoms with E-state index >= 15 is 0 Å². The predicted octanol–water partition coefficient (Wildman–Crippen LogP) is 0.925. The van der Waals surface area contributed by atoms with Crippen LogP contribution in [0.5, 0.6) is 0 Å². The maximum Gasteiger partial charge on any atom is 0.327 e. The number of hydrogen-bond acceptors (Lipinski definition) is 3. The molecule has 1 aliphatic rings. The summed E-state index contributed by atoms with van der Waals surface area (Å²) in [5.41, 5.74) is 3.85. The summed E-state index contributed by atoms with van der Waals surface area (Å²) in [4.78, 5) is 36.3. The van der Waals surface area contributed by atoms with Crippen LogP contribution >= 0.6 is 0 Å². The number of likely N-dealkylation sites (tertiary alicyclic amines) is 1. The van der Waals surface area contributed by atoms with Gasteiger partial charge in [-0.05, 0) is 32.1 Å². The average Bonchev–Trinajstić information content (AvgIpc) is 2.23. The molecule has 1 saturated heterocycles. The van der Waals surface area contributed by atoms with Crippen LogP contribution in [-0.4, -0.2) is 46.0 Å². The van der Waals surface area contributed by atoms with Crippen LogP contribution in [0.2, 0.25) is 0 Å². The van der Waals surface area contributed by atoms with Gasteiger partial charge in [-0.3, -0.25) is 4.79 Å². The van der Waals surface area contributed by atoms with E-state index < -0.39 is 34.9 Å². The molecule has 7 heteroatoms. The van der Waals surface area contributed by atoms with Gasteiger partial charge in [-0.25, -0.2) is 9.59 Å². The molecule has 21 heavy (non-hydrogen) atoms. The molecular weight excluding hydrogens is 274 g/mol. The van der Waals surface area contributed by atoms with Crippen molar-refractivity contribution in [3.8, 4) is 0 Å². The first-order chi connectivity index (χ1) is 9.46. The van der Waals surface area contributed by atoms with Crippen molar-refractivity contribution in [1.29, 1.82) is 0 Å². The summed E-state index contributed by atoms with van der Waals surface area (Å²) in [6.07, 6.45) is 1.49. The lowest BCUT2D eigenvalue weighted by molar-refractivity contribution is -0.148. The van der Waals surface area contributed by atoms with E-state index in [0.29, 0.717) is 6.54 Å². The molecule has 0 aromatic heterocycles. The SMILES string of the molecule is CC(C)(CC(N)=O)NC(=O)N1CCCC(C)(C)C1C(=O)O. The lowest BCUT2D eigenvalue weighted by atomic mass is 9.76. The second-order valence-electron chi connectivity index (χ2n) is 6.98. The summed E-state index contributed by atoms with van der Waals surface area (Å²) in [7, 11) is 0. The number of carboxylic acids is 1. The summed E-state index contributed by atoms with van der Waals surface area (Å²) in [6.45, 7) is 7.44. The number of carbonyl (C=O) groups excluding carboxylic acids is 2. The van der Waals surface area contributed by atoms with E-state index in [-0.39, 0.29) is 6.42 Å². The molecule has 0 aromatic carbocycles. The zero-order valence-corrected chi connectivity index (χ0v) is 13.1. The van der Waals surface area contributed by atoms with Crippen LogP contribution in [0.25, 0.3) is 0 Å². The van der Waals surface area contributed by atoms with Gasteiger partial charge in [0.1, 0.15) is 6.04 Å². The Kier molecular flexibility index (Phi) is 4.86. The van der Waals surface area contributed by atoms with E-state index in [1.165, 1.54) is 4.90 Å². The third kappa shape index (κ3) is 4.34. The second-order valence-corrected chi connectivity index (χ2v) is 6.98. The number of rotatable bonds is 4. The van der Waals surface area contributed by atoms with Crippen molar-refractivity contribution < 1.29 is 19.5 Å². The van der Waals surface area contributed by atoms with Gasteiger partial charge >= 0.3 is 12.0 Å². The lowest BCUT2D eigenvalue weighted by Gasteiger charge is -2.44. The maximum absolute atomic E-state index is 12.4. The Bertz CT molecular complexity index is 446. The number of aliphatic carboxylic acids is 1. The highest BCUT2D eigenvalue weighted by molar-refractivity contribution is 5.84. The predicted molar refractivity (Wildman–Crippen MR) is 77.6 cm³/mol. The number of urea groups is 1. The Morgan fingerprint density at radius 2 is 1.95 bits per heavy atom. The molecule has 1 unspecified atom stereocenters. The first-order valence-electron chi connectivity index (χ1n) is 7.06. The molecule has 7 nitrogen and oxygen atoms in total. The van der Waals surface area contributed by atoms with E-state index in [1.54, 1.807) is 13.8 Å². The topological polar surface area (TPSA) is 113 Å². The Morgan fingerprint density at radius 3 is 2.43 bits per heavy atom. The van der Waals surface area contributed by atoms with Gasteiger partial charge in [0.25, 0.3) is 0 Å². The molecule has 0 aliphatic carbocycles. The Hall–Kier alpha value is -1.79. The fourth-order valence-corrected chi connectivity index (χ4v) is 2.92. The Labute approximate surface area is 124 Å².